The van der Waals surface area contributed by atoms with Crippen molar-refractivity contribution in [1.29, 1.82) is 5.26 Å². The summed E-state index contributed by atoms with van der Waals surface area (Å²) >= 11 is 6.02. The van der Waals surface area contributed by atoms with Gasteiger partial charge in [0.2, 0.25) is 0 Å². The minimum absolute atomic E-state index is 0. The van der Waals surface area contributed by atoms with Crippen molar-refractivity contribution in [2.75, 3.05) is 5.32 Å². The lowest BCUT2D eigenvalue weighted by atomic mass is 10.1. The van der Waals surface area contributed by atoms with Gasteiger partial charge in [0, 0.05) is 22.3 Å². The summed E-state index contributed by atoms with van der Waals surface area (Å²) in [5.74, 6) is -0.316. The molecular weight excluding hydrogens is 324 g/mol. The van der Waals surface area contributed by atoms with Crippen molar-refractivity contribution < 1.29 is 4.39 Å². The number of benzene rings is 2. The minimum Gasteiger partial charge on any atom is -0.354 e. The summed E-state index contributed by atoms with van der Waals surface area (Å²) < 4.78 is 13.0. The molecule has 1 heterocycles. The third kappa shape index (κ3) is 3.11. The molecule has 0 atom stereocenters. The van der Waals surface area contributed by atoms with Crippen LogP contribution in [0.1, 0.15) is 5.56 Å². The molecule has 3 aromatic rings. The molecule has 6 heteroatoms. The SMILES string of the molecule is Cl.N#Cc1cnc2ccc(Cl)cc2c1Nc1ccc(F)cc1. The molecule has 0 aliphatic heterocycles. The lowest BCUT2D eigenvalue weighted by Crippen LogP contribution is -1.96. The van der Waals surface area contributed by atoms with Crippen LogP contribution in [0.15, 0.2) is 48.7 Å². The van der Waals surface area contributed by atoms with Crippen LogP contribution in [0, 0.1) is 17.1 Å². The van der Waals surface area contributed by atoms with Gasteiger partial charge in [0.15, 0.2) is 0 Å². The second-order valence-corrected chi connectivity index (χ2v) is 4.89. The predicted octanol–water partition coefficient (Wildman–Crippen LogP) is 5.06. The van der Waals surface area contributed by atoms with Gasteiger partial charge in [0.25, 0.3) is 0 Å². The topological polar surface area (TPSA) is 48.7 Å². The largest absolute Gasteiger partial charge is 0.354 e. The highest BCUT2D eigenvalue weighted by Gasteiger charge is 2.10. The summed E-state index contributed by atoms with van der Waals surface area (Å²) in [6, 6.07) is 13.3. The Kier molecular flexibility index (Phi) is 4.81. The molecule has 0 unspecified atom stereocenters. The monoisotopic (exact) mass is 333 g/mol. The second-order valence-electron chi connectivity index (χ2n) is 4.45. The van der Waals surface area contributed by atoms with E-state index >= 15 is 0 Å². The summed E-state index contributed by atoms with van der Waals surface area (Å²) in [6.45, 7) is 0. The highest BCUT2D eigenvalue weighted by Crippen LogP contribution is 2.30. The number of anilines is 2. The Morgan fingerprint density at radius 1 is 1.14 bits per heavy atom. The van der Waals surface area contributed by atoms with Crippen LogP contribution in [0.4, 0.5) is 15.8 Å². The molecule has 0 aliphatic carbocycles. The Hall–Kier alpha value is -2.35. The van der Waals surface area contributed by atoms with Crippen LogP contribution in [0.2, 0.25) is 5.02 Å². The number of nitrogens with one attached hydrogen (secondary N) is 1. The van der Waals surface area contributed by atoms with Gasteiger partial charge in [-0.3, -0.25) is 4.98 Å². The first kappa shape index (κ1) is 16.0. The molecule has 3 rings (SSSR count). The molecule has 0 amide bonds. The van der Waals surface area contributed by atoms with Crippen molar-refractivity contribution in [3.63, 3.8) is 0 Å². The molecule has 110 valence electrons. The van der Waals surface area contributed by atoms with Crippen LogP contribution in [-0.2, 0) is 0 Å². The van der Waals surface area contributed by atoms with E-state index in [1.807, 2.05) is 0 Å². The maximum atomic E-state index is 13.0. The maximum Gasteiger partial charge on any atom is 0.123 e. The molecule has 1 aromatic heterocycles. The van der Waals surface area contributed by atoms with E-state index in [1.54, 1.807) is 30.3 Å². The van der Waals surface area contributed by atoms with E-state index in [2.05, 4.69) is 16.4 Å². The fourth-order valence-electron chi connectivity index (χ4n) is 2.06. The Bertz CT molecular complexity index is 858. The van der Waals surface area contributed by atoms with E-state index in [9.17, 15) is 9.65 Å². The van der Waals surface area contributed by atoms with Gasteiger partial charge in [-0.25, -0.2) is 4.39 Å². The van der Waals surface area contributed by atoms with E-state index in [-0.39, 0.29) is 18.2 Å². The quantitative estimate of drug-likeness (QED) is 0.712. The van der Waals surface area contributed by atoms with Crippen molar-refractivity contribution in [3.8, 4) is 6.07 Å². The number of hydrogen-bond donors (Lipinski definition) is 1. The summed E-state index contributed by atoms with van der Waals surface area (Å²) in [6.07, 6.45) is 1.50. The number of aromatic nitrogens is 1. The Labute approximate surface area is 137 Å². The molecule has 3 nitrogen and oxygen atoms in total. The average Bonchev–Trinajstić information content (AvgIpc) is 2.50. The number of rotatable bonds is 2. The van der Waals surface area contributed by atoms with Crippen LogP contribution >= 0.6 is 24.0 Å². The second kappa shape index (κ2) is 6.61. The van der Waals surface area contributed by atoms with E-state index in [1.165, 1.54) is 18.3 Å². The molecule has 22 heavy (non-hydrogen) atoms. The minimum atomic E-state index is -0.316. The zero-order chi connectivity index (χ0) is 14.8. The lowest BCUT2D eigenvalue weighted by Gasteiger charge is -2.11. The van der Waals surface area contributed by atoms with Gasteiger partial charge in [0.1, 0.15) is 11.9 Å². The zero-order valence-electron chi connectivity index (χ0n) is 11.2. The van der Waals surface area contributed by atoms with Crippen molar-refractivity contribution in [2.45, 2.75) is 0 Å². The molecule has 2 aromatic carbocycles. The first-order valence-electron chi connectivity index (χ1n) is 6.18. The third-order valence-electron chi connectivity index (χ3n) is 3.06. The molecule has 0 fully saturated rings. The lowest BCUT2D eigenvalue weighted by molar-refractivity contribution is 0.628. The third-order valence-corrected chi connectivity index (χ3v) is 3.30. The van der Waals surface area contributed by atoms with Gasteiger partial charge < -0.3 is 5.32 Å². The molecular formula is C16H10Cl2FN3. The van der Waals surface area contributed by atoms with Gasteiger partial charge in [-0.1, -0.05) is 11.6 Å². The average molecular weight is 334 g/mol. The smallest absolute Gasteiger partial charge is 0.123 e. The molecule has 0 aliphatic rings. The molecule has 0 radical (unpaired) electrons. The fraction of sp³-hybridized carbons (Fsp3) is 0. The van der Waals surface area contributed by atoms with Crippen LogP contribution in [0.25, 0.3) is 10.9 Å². The van der Waals surface area contributed by atoms with Crippen LogP contribution < -0.4 is 5.32 Å². The molecule has 0 saturated heterocycles. The van der Waals surface area contributed by atoms with Crippen LogP contribution in [0.5, 0.6) is 0 Å². The van der Waals surface area contributed by atoms with Gasteiger partial charge in [-0.2, -0.15) is 5.26 Å². The summed E-state index contributed by atoms with van der Waals surface area (Å²) in [4.78, 5) is 4.23. The first-order valence-corrected chi connectivity index (χ1v) is 6.56. The Morgan fingerprint density at radius 3 is 2.55 bits per heavy atom. The summed E-state index contributed by atoms with van der Waals surface area (Å²) in [7, 11) is 0. The summed E-state index contributed by atoms with van der Waals surface area (Å²) in [5.41, 5.74) is 2.41. The van der Waals surface area contributed by atoms with Crippen LogP contribution in [0.3, 0.4) is 0 Å². The Balaban J connectivity index is 0.00000176. The number of pyridine rings is 1. The highest BCUT2D eigenvalue weighted by atomic mass is 35.5. The molecule has 1 N–H and O–H groups in total. The van der Waals surface area contributed by atoms with Crippen molar-refractivity contribution >= 4 is 46.3 Å². The first-order chi connectivity index (χ1) is 10.2. The highest BCUT2D eigenvalue weighted by molar-refractivity contribution is 6.31. The molecule has 0 saturated carbocycles. The normalized spacial score (nSPS) is 9.86. The van der Waals surface area contributed by atoms with Gasteiger partial charge >= 0.3 is 0 Å². The fourth-order valence-corrected chi connectivity index (χ4v) is 2.23. The van der Waals surface area contributed by atoms with Crippen molar-refractivity contribution in [1.82, 2.24) is 4.98 Å². The standard InChI is InChI=1S/C16H9ClFN3.ClH/c17-11-1-6-15-14(7-11)16(10(8-19)9-20-15)21-13-4-2-12(18)3-5-13;/h1-7,9H,(H,20,21);1H. The number of fused-ring (bicyclic) bond motifs is 1. The van der Waals surface area contributed by atoms with Crippen LogP contribution in [-0.4, -0.2) is 4.98 Å². The van der Waals surface area contributed by atoms with E-state index in [4.69, 9.17) is 11.6 Å². The van der Waals surface area contributed by atoms with Gasteiger partial charge in [-0.05, 0) is 42.5 Å². The van der Waals surface area contributed by atoms with E-state index in [0.717, 1.165) is 10.9 Å². The predicted molar refractivity (Wildman–Crippen MR) is 88.4 cm³/mol. The molecule has 0 spiro atoms. The maximum absolute atomic E-state index is 13.0. The van der Waals surface area contributed by atoms with Gasteiger partial charge in [0.05, 0.1) is 16.8 Å². The van der Waals surface area contributed by atoms with E-state index in [0.29, 0.717) is 22.0 Å². The number of nitriles is 1. The van der Waals surface area contributed by atoms with E-state index < -0.39 is 0 Å². The van der Waals surface area contributed by atoms with Gasteiger partial charge in [-0.15, -0.1) is 12.4 Å². The zero-order valence-corrected chi connectivity index (χ0v) is 12.7. The number of nitrogens with zero attached hydrogens (tertiary/aromatic N) is 2. The number of hydrogen-bond acceptors (Lipinski definition) is 3. The van der Waals surface area contributed by atoms with Crippen molar-refractivity contribution in [3.05, 3.63) is 65.1 Å². The summed E-state index contributed by atoms with van der Waals surface area (Å²) in [5, 5.41) is 13.7. The molecule has 0 bridgehead atoms. The van der Waals surface area contributed by atoms with Crippen molar-refractivity contribution in [2.24, 2.45) is 0 Å². The Morgan fingerprint density at radius 2 is 1.86 bits per heavy atom. The number of halogens is 3.